The first-order valence-corrected chi connectivity index (χ1v) is 6.27. The molecular weight excluding hydrogens is 228 g/mol. The van der Waals surface area contributed by atoms with E-state index in [2.05, 4.69) is 20.6 Å². The molecule has 5 heteroatoms. The Morgan fingerprint density at radius 1 is 1.39 bits per heavy atom. The molecule has 0 aliphatic carbocycles. The first-order chi connectivity index (χ1) is 8.83. The fraction of sp³-hybridized carbons (Fsp3) is 0.385. The lowest BCUT2D eigenvalue weighted by atomic mass is 10.1. The summed E-state index contributed by atoms with van der Waals surface area (Å²) in [5.74, 6) is 0. The van der Waals surface area contributed by atoms with Crippen molar-refractivity contribution >= 4 is 16.6 Å². The average molecular weight is 244 g/mol. The summed E-state index contributed by atoms with van der Waals surface area (Å²) in [6.07, 6.45) is 3.81. The lowest BCUT2D eigenvalue weighted by Gasteiger charge is -2.24. The molecule has 3 N–H and O–H groups in total. The van der Waals surface area contributed by atoms with Crippen LogP contribution in [-0.2, 0) is 0 Å². The van der Waals surface area contributed by atoms with Crippen LogP contribution in [0.15, 0.2) is 29.3 Å². The fourth-order valence-corrected chi connectivity index (χ4v) is 2.37. The summed E-state index contributed by atoms with van der Waals surface area (Å²) in [6, 6.07) is 6.14. The Balaban J connectivity index is 1.86. The number of hydrogen-bond acceptors (Lipinski definition) is 4. The van der Waals surface area contributed by atoms with E-state index in [4.69, 9.17) is 0 Å². The van der Waals surface area contributed by atoms with E-state index in [0.29, 0.717) is 11.4 Å². The van der Waals surface area contributed by atoms with Crippen LogP contribution in [0.1, 0.15) is 12.8 Å². The molecule has 0 amide bonds. The van der Waals surface area contributed by atoms with Gasteiger partial charge in [0.1, 0.15) is 0 Å². The SMILES string of the molecule is O=c1[nH]cnc2cc(NC3CCCNC3)ccc12. The second kappa shape index (κ2) is 4.78. The van der Waals surface area contributed by atoms with E-state index >= 15 is 0 Å². The minimum absolute atomic E-state index is 0.0918. The number of H-pyrrole nitrogens is 1. The highest BCUT2D eigenvalue weighted by molar-refractivity contribution is 5.81. The third-order valence-electron chi connectivity index (χ3n) is 3.31. The van der Waals surface area contributed by atoms with Gasteiger partial charge in [0.05, 0.1) is 17.2 Å². The Hall–Kier alpha value is -1.88. The van der Waals surface area contributed by atoms with Gasteiger partial charge >= 0.3 is 0 Å². The number of anilines is 1. The molecule has 1 aromatic heterocycles. The van der Waals surface area contributed by atoms with Crippen LogP contribution in [0.4, 0.5) is 5.69 Å². The van der Waals surface area contributed by atoms with Crippen molar-refractivity contribution in [2.24, 2.45) is 0 Å². The molecule has 1 aliphatic rings. The maximum absolute atomic E-state index is 11.6. The molecule has 5 nitrogen and oxygen atoms in total. The van der Waals surface area contributed by atoms with Crippen molar-refractivity contribution < 1.29 is 0 Å². The zero-order chi connectivity index (χ0) is 12.4. The number of nitrogens with zero attached hydrogens (tertiary/aromatic N) is 1. The standard InChI is InChI=1S/C13H16N4O/c18-13-11-4-3-9(6-12(11)15-8-16-13)17-10-2-1-5-14-7-10/h3-4,6,8,10,14,17H,1-2,5,7H2,(H,15,16,18). The molecule has 1 aliphatic heterocycles. The topological polar surface area (TPSA) is 69.8 Å². The van der Waals surface area contributed by atoms with E-state index in [1.807, 2.05) is 18.2 Å². The number of aromatic nitrogens is 2. The van der Waals surface area contributed by atoms with E-state index in [1.54, 1.807) is 0 Å². The molecule has 1 atom stereocenters. The molecule has 0 bridgehead atoms. The van der Waals surface area contributed by atoms with Gasteiger partial charge in [-0.1, -0.05) is 0 Å². The predicted molar refractivity (Wildman–Crippen MR) is 71.9 cm³/mol. The Labute approximate surface area is 105 Å². The minimum atomic E-state index is -0.0918. The molecule has 2 heterocycles. The lowest BCUT2D eigenvalue weighted by Crippen LogP contribution is -2.38. The predicted octanol–water partition coefficient (Wildman–Crippen LogP) is 1.09. The normalized spacial score (nSPS) is 19.9. The second-order valence-corrected chi connectivity index (χ2v) is 4.65. The summed E-state index contributed by atoms with van der Waals surface area (Å²) in [5, 5.41) is 7.48. The van der Waals surface area contributed by atoms with Gasteiger partial charge < -0.3 is 15.6 Å². The van der Waals surface area contributed by atoms with Crippen molar-refractivity contribution in [2.45, 2.75) is 18.9 Å². The van der Waals surface area contributed by atoms with Gasteiger partial charge in [-0.15, -0.1) is 0 Å². The maximum Gasteiger partial charge on any atom is 0.258 e. The summed E-state index contributed by atoms with van der Waals surface area (Å²) < 4.78 is 0. The highest BCUT2D eigenvalue weighted by Gasteiger charge is 2.12. The molecule has 94 valence electrons. The number of benzene rings is 1. The third-order valence-corrected chi connectivity index (χ3v) is 3.31. The molecule has 1 saturated heterocycles. The number of nitrogens with one attached hydrogen (secondary N) is 3. The van der Waals surface area contributed by atoms with E-state index in [-0.39, 0.29) is 5.56 Å². The Morgan fingerprint density at radius 3 is 3.17 bits per heavy atom. The van der Waals surface area contributed by atoms with Crippen LogP contribution in [-0.4, -0.2) is 29.1 Å². The molecule has 1 unspecified atom stereocenters. The molecule has 2 aromatic rings. The quantitative estimate of drug-likeness (QED) is 0.739. The van der Waals surface area contributed by atoms with Crippen LogP contribution in [0.25, 0.3) is 10.9 Å². The number of hydrogen-bond donors (Lipinski definition) is 3. The van der Waals surface area contributed by atoms with Crippen LogP contribution >= 0.6 is 0 Å². The second-order valence-electron chi connectivity index (χ2n) is 4.65. The van der Waals surface area contributed by atoms with Crippen molar-refractivity contribution in [3.8, 4) is 0 Å². The van der Waals surface area contributed by atoms with Crippen LogP contribution in [0, 0.1) is 0 Å². The van der Waals surface area contributed by atoms with Crippen LogP contribution < -0.4 is 16.2 Å². The summed E-state index contributed by atoms with van der Waals surface area (Å²) in [6.45, 7) is 2.09. The number of aromatic amines is 1. The van der Waals surface area contributed by atoms with Crippen molar-refractivity contribution in [3.05, 3.63) is 34.9 Å². The molecule has 0 radical (unpaired) electrons. The Kier molecular flexibility index (Phi) is 2.98. The van der Waals surface area contributed by atoms with Gasteiger partial charge in [-0.3, -0.25) is 4.79 Å². The lowest BCUT2D eigenvalue weighted by molar-refractivity contribution is 0.480. The molecular formula is C13H16N4O. The van der Waals surface area contributed by atoms with Gasteiger partial charge in [0.2, 0.25) is 0 Å². The molecule has 1 aromatic carbocycles. The number of fused-ring (bicyclic) bond motifs is 1. The molecule has 1 fully saturated rings. The molecule has 0 spiro atoms. The van der Waals surface area contributed by atoms with Gasteiger partial charge in [0, 0.05) is 18.3 Å². The Bertz CT molecular complexity index is 601. The smallest absolute Gasteiger partial charge is 0.258 e. The summed E-state index contributed by atoms with van der Waals surface area (Å²) >= 11 is 0. The van der Waals surface area contributed by atoms with Crippen LogP contribution in [0.3, 0.4) is 0 Å². The van der Waals surface area contributed by atoms with Gasteiger partial charge in [-0.25, -0.2) is 4.98 Å². The monoisotopic (exact) mass is 244 g/mol. The third kappa shape index (κ3) is 2.22. The van der Waals surface area contributed by atoms with Gasteiger partial charge in [-0.2, -0.15) is 0 Å². The average Bonchev–Trinajstić information content (AvgIpc) is 2.40. The minimum Gasteiger partial charge on any atom is -0.381 e. The van der Waals surface area contributed by atoms with Crippen molar-refractivity contribution in [2.75, 3.05) is 18.4 Å². The highest BCUT2D eigenvalue weighted by Crippen LogP contribution is 2.16. The summed E-state index contributed by atoms with van der Waals surface area (Å²) in [5.41, 5.74) is 1.66. The van der Waals surface area contributed by atoms with Crippen molar-refractivity contribution in [3.63, 3.8) is 0 Å². The van der Waals surface area contributed by atoms with E-state index in [1.165, 1.54) is 19.2 Å². The summed E-state index contributed by atoms with van der Waals surface area (Å²) in [4.78, 5) is 18.3. The largest absolute Gasteiger partial charge is 0.381 e. The number of rotatable bonds is 2. The zero-order valence-corrected chi connectivity index (χ0v) is 10.1. The van der Waals surface area contributed by atoms with Crippen LogP contribution in [0.5, 0.6) is 0 Å². The van der Waals surface area contributed by atoms with Crippen molar-refractivity contribution in [1.82, 2.24) is 15.3 Å². The maximum atomic E-state index is 11.6. The van der Waals surface area contributed by atoms with Crippen molar-refractivity contribution in [1.29, 1.82) is 0 Å². The fourth-order valence-electron chi connectivity index (χ4n) is 2.37. The first kappa shape index (κ1) is 11.2. The van der Waals surface area contributed by atoms with Gasteiger partial charge in [-0.05, 0) is 37.6 Å². The van der Waals surface area contributed by atoms with Gasteiger partial charge in [0.15, 0.2) is 0 Å². The number of piperidine rings is 1. The van der Waals surface area contributed by atoms with E-state index in [0.717, 1.165) is 24.3 Å². The van der Waals surface area contributed by atoms with Crippen LogP contribution in [0.2, 0.25) is 0 Å². The molecule has 18 heavy (non-hydrogen) atoms. The van der Waals surface area contributed by atoms with E-state index < -0.39 is 0 Å². The zero-order valence-electron chi connectivity index (χ0n) is 10.1. The van der Waals surface area contributed by atoms with Gasteiger partial charge in [0.25, 0.3) is 5.56 Å². The molecule has 0 saturated carbocycles. The summed E-state index contributed by atoms with van der Waals surface area (Å²) in [7, 11) is 0. The van der Waals surface area contributed by atoms with E-state index in [9.17, 15) is 4.79 Å². The Morgan fingerprint density at radius 2 is 2.33 bits per heavy atom. The molecule has 3 rings (SSSR count). The first-order valence-electron chi connectivity index (χ1n) is 6.27. The highest BCUT2D eigenvalue weighted by atomic mass is 16.1.